The van der Waals surface area contributed by atoms with Gasteiger partial charge in [0.05, 0.1) is 5.37 Å². The Labute approximate surface area is 127 Å². The number of aliphatic carboxylic acids is 1. The molecule has 2 atom stereocenters. The summed E-state index contributed by atoms with van der Waals surface area (Å²) in [6, 6.07) is 2.59. The Hall–Kier alpha value is -1.76. The monoisotopic (exact) mass is 309 g/mol. The maximum Gasteiger partial charge on any atom is 0.327 e. The zero-order valence-electron chi connectivity index (χ0n) is 11.9. The summed E-state index contributed by atoms with van der Waals surface area (Å²) >= 11 is 1.53. The fraction of sp³-hybridized carbons (Fsp3) is 0.500. The number of thioether (sulfide) groups is 1. The van der Waals surface area contributed by atoms with Crippen molar-refractivity contribution in [2.24, 2.45) is 0 Å². The van der Waals surface area contributed by atoms with Crippen LogP contribution in [-0.2, 0) is 11.3 Å². The van der Waals surface area contributed by atoms with Gasteiger partial charge in [-0.1, -0.05) is 19.4 Å². The molecule has 0 aliphatic carbocycles. The number of amides is 2. The third-order valence-corrected chi connectivity index (χ3v) is 4.67. The molecular formula is C14H19N3O3S. The normalized spacial score (nSPS) is 21.3. The molecule has 1 aliphatic rings. The summed E-state index contributed by atoms with van der Waals surface area (Å²) in [4.78, 5) is 29.1. The van der Waals surface area contributed by atoms with E-state index in [9.17, 15) is 14.7 Å². The van der Waals surface area contributed by atoms with Gasteiger partial charge in [0.2, 0.25) is 0 Å². The number of hydrogen-bond acceptors (Lipinski definition) is 4. The molecule has 1 fully saturated rings. The van der Waals surface area contributed by atoms with E-state index in [0.29, 0.717) is 12.3 Å². The third kappa shape index (κ3) is 3.87. The van der Waals surface area contributed by atoms with Crippen molar-refractivity contribution < 1.29 is 14.7 Å². The Balaban J connectivity index is 2.01. The first-order valence-electron chi connectivity index (χ1n) is 6.93. The molecule has 0 radical (unpaired) electrons. The van der Waals surface area contributed by atoms with Crippen LogP contribution in [0.5, 0.6) is 0 Å². The molecule has 2 N–H and O–H groups in total. The van der Waals surface area contributed by atoms with Gasteiger partial charge in [-0.2, -0.15) is 0 Å². The van der Waals surface area contributed by atoms with E-state index in [4.69, 9.17) is 0 Å². The highest BCUT2D eigenvalue weighted by molar-refractivity contribution is 8.00. The van der Waals surface area contributed by atoms with Crippen molar-refractivity contribution in [3.63, 3.8) is 0 Å². The van der Waals surface area contributed by atoms with E-state index in [1.54, 1.807) is 18.5 Å². The summed E-state index contributed by atoms with van der Waals surface area (Å²) in [6.07, 6.45) is 5.06. The Morgan fingerprint density at radius 3 is 3.00 bits per heavy atom. The molecule has 2 unspecified atom stereocenters. The molecule has 6 nitrogen and oxygen atoms in total. The van der Waals surface area contributed by atoms with Crippen LogP contribution < -0.4 is 5.32 Å². The smallest absolute Gasteiger partial charge is 0.327 e. The van der Waals surface area contributed by atoms with Crippen LogP contribution in [0.3, 0.4) is 0 Å². The molecule has 1 aliphatic heterocycles. The number of nitrogens with one attached hydrogen (secondary N) is 1. The van der Waals surface area contributed by atoms with Crippen LogP contribution in [-0.4, -0.2) is 44.2 Å². The highest BCUT2D eigenvalue weighted by Gasteiger charge is 2.41. The minimum Gasteiger partial charge on any atom is -0.480 e. The first kappa shape index (κ1) is 15.6. The molecule has 21 heavy (non-hydrogen) atoms. The number of carbonyl (C=O) groups is 2. The standard InChI is InChI=1S/C14H19N3O3S/c1-2-4-12-17(11(9-21-12)13(18)19)14(20)16-8-10-5-3-6-15-7-10/h3,5-7,11-12H,2,4,8-9H2,1H3,(H,16,20)(H,18,19). The minimum atomic E-state index is -0.947. The van der Waals surface area contributed by atoms with E-state index in [2.05, 4.69) is 10.3 Å². The van der Waals surface area contributed by atoms with Crippen molar-refractivity contribution in [3.8, 4) is 0 Å². The van der Waals surface area contributed by atoms with Crippen molar-refractivity contribution >= 4 is 23.8 Å². The van der Waals surface area contributed by atoms with Gasteiger partial charge >= 0.3 is 12.0 Å². The van der Waals surface area contributed by atoms with Crippen molar-refractivity contribution in [2.45, 2.75) is 37.7 Å². The van der Waals surface area contributed by atoms with Gasteiger partial charge in [0, 0.05) is 24.7 Å². The van der Waals surface area contributed by atoms with Gasteiger partial charge in [0.1, 0.15) is 6.04 Å². The molecule has 0 saturated carbocycles. The Bertz CT molecular complexity index is 497. The number of carboxylic acid groups (broad SMARTS) is 1. The highest BCUT2D eigenvalue weighted by Crippen LogP contribution is 2.32. The maximum atomic E-state index is 12.3. The molecule has 2 heterocycles. The number of aromatic nitrogens is 1. The number of carboxylic acids is 1. The lowest BCUT2D eigenvalue weighted by Crippen LogP contribution is -2.49. The number of rotatable bonds is 5. The number of carbonyl (C=O) groups excluding carboxylic acids is 1. The second-order valence-electron chi connectivity index (χ2n) is 4.86. The van der Waals surface area contributed by atoms with Crippen LogP contribution >= 0.6 is 11.8 Å². The van der Waals surface area contributed by atoms with Gasteiger partial charge in [0.15, 0.2) is 0 Å². The van der Waals surface area contributed by atoms with Gasteiger partial charge < -0.3 is 10.4 Å². The van der Waals surface area contributed by atoms with E-state index in [0.717, 1.165) is 18.4 Å². The highest BCUT2D eigenvalue weighted by atomic mass is 32.2. The first-order chi connectivity index (χ1) is 10.1. The van der Waals surface area contributed by atoms with Gasteiger partial charge in [-0.3, -0.25) is 9.88 Å². The van der Waals surface area contributed by atoms with Gasteiger partial charge in [-0.05, 0) is 18.1 Å². The van der Waals surface area contributed by atoms with Crippen molar-refractivity contribution in [2.75, 3.05) is 5.75 Å². The molecule has 0 spiro atoms. The Kier molecular flexibility index (Phi) is 5.44. The molecule has 7 heteroatoms. The maximum absolute atomic E-state index is 12.3. The minimum absolute atomic E-state index is 0.0648. The predicted octanol–water partition coefficient (Wildman–Crippen LogP) is 1.92. The van der Waals surface area contributed by atoms with Crippen LogP contribution in [0.2, 0.25) is 0 Å². The van der Waals surface area contributed by atoms with Gasteiger partial charge in [-0.15, -0.1) is 11.8 Å². The number of pyridine rings is 1. The van der Waals surface area contributed by atoms with Crippen LogP contribution in [0.4, 0.5) is 4.79 Å². The second kappa shape index (κ2) is 7.31. The van der Waals surface area contributed by atoms with Crippen LogP contribution in [0.15, 0.2) is 24.5 Å². The summed E-state index contributed by atoms with van der Waals surface area (Å²) in [5.41, 5.74) is 0.886. The molecule has 1 saturated heterocycles. The topological polar surface area (TPSA) is 82.5 Å². The summed E-state index contributed by atoms with van der Waals surface area (Å²) in [7, 11) is 0. The largest absolute Gasteiger partial charge is 0.480 e. The second-order valence-corrected chi connectivity index (χ2v) is 6.07. The van der Waals surface area contributed by atoms with Crippen LogP contribution in [0, 0.1) is 0 Å². The molecular weight excluding hydrogens is 290 g/mol. The Morgan fingerprint density at radius 1 is 1.57 bits per heavy atom. The number of urea groups is 1. The molecule has 1 aromatic rings. The molecule has 1 aromatic heterocycles. The lowest BCUT2D eigenvalue weighted by atomic mass is 10.2. The third-order valence-electron chi connectivity index (χ3n) is 3.31. The van der Waals surface area contributed by atoms with E-state index in [1.807, 2.05) is 13.0 Å². The van der Waals surface area contributed by atoms with E-state index in [1.165, 1.54) is 16.7 Å². The molecule has 0 aromatic carbocycles. The summed E-state index contributed by atoms with van der Waals surface area (Å²) in [5.74, 6) is -0.502. The average Bonchev–Trinajstić information content (AvgIpc) is 2.90. The van der Waals surface area contributed by atoms with Gasteiger partial charge in [0.25, 0.3) is 0 Å². The zero-order chi connectivity index (χ0) is 15.2. The number of hydrogen-bond donors (Lipinski definition) is 2. The zero-order valence-corrected chi connectivity index (χ0v) is 12.7. The van der Waals surface area contributed by atoms with Crippen LogP contribution in [0.25, 0.3) is 0 Å². The lowest BCUT2D eigenvalue weighted by molar-refractivity contribution is -0.141. The number of nitrogens with zero attached hydrogens (tertiary/aromatic N) is 2. The lowest BCUT2D eigenvalue weighted by Gasteiger charge is -2.27. The van der Waals surface area contributed by atoms with Gasteiger partial charge in [-0.25, -0.2) is 9.59 Å². The molecule has 2 amide bonds. The van der Waals surface area contributed by atoms with Crippen molar-refractivity contribution in [1.82, 2.24) is 15.2 Å². The van der Waals surface area contributed by atoms with Crippen molar-refractivity contribution in [3.05, 3.63) is 30.1 Å². The van der Waals surface area contributed by atoms with E-state index >= 15 is 0 Å². The predicted molar refractivity (Wildman–Crippen MR) is 80.9 cm³/mol. The Morgan fingerprint density at radius 2 is 2.38 bits per heavy atom. The molecule has 2 rings (SSSR count). The summed E-state index contributed by atoms with van der Waals surface area (Å²) in [6.45, 7) is 2.37. The fourth-order valence-corrected chi connectivity index (χ4v) is 3.78. The fourth-order valence-electron chi connectivity index (χ4n) is 2.27. The summed E-state index contributed by atoms with van der Waals surface area (Å²) < 4.78 is 0. The average molecular weight is 309 g/mol. The molecule has 114 valence electrons. The van der Waals surface area contributed by atoms with Crippen LogP contribution in [0.1, 0.15) is 25.3 Å². The van der Waals surface area contributed by atoms with Crippen molar-refractivity contribution in [1.29, 1.82) is 0 Å². The quantitative estimate of drug-likeness (QED) is 0.868. The first-order valence-corrected chi connectivity index (χ1v) is 7.97. The summed E-state index contributed by atoms with van der Waals surface area (Å²) in [5, 5.41) is 12.0. The van der Waals surface area contributed by atoms with E-state index in [-0.39, 0.29) is 11.4 Å². The SMILES string of the molecule is CCCC1SCC(C(=O)O)N1C(=O)NCc1cccnc1. The van der Waals surface area contributed by atoms with E-state index < -0.39 is 12.0 Å². The molecule has 0 bridgehead atoms.